The van der Waals surface area contributed by atoms with Crippen molar-refractivity contribution in [2.75, 3.05) is 24.6 Å². The molecular formula is C37H41ClFN3O5S. The number of hydrogen-bond donors (Lipinski definition) is 2. The maximum atomic E-state index is 15.4. The summed E-state index contributed by atoms with van der Waals surface area (Å²) in [5.41, 5.74) is 1.15. The standard InChI is InChI=1S/C37H41ClFN3O5S/c1-23-6-3-16-37(44,34-31(39)8-5-17-40-34)30-12-9-27(30)20-42-21-36(15-4-7-25-18-28(38)11-13-29(25)36)22-47-33-14-10-26(19-32(33)42)35(43)41-48(45,46)24(23)2/h3,5,8,10-11,13-14,16-19,23-24,27,30,44H,4,6-7,9,12,15,20-22H2,1-2H3,(H,41,43)/b16-3+/t23-,24+,27-,30+,36-,37-/m0/s1. The van der Waals surface area contributed by atoms with E-state index in [1.54, 1.807) is 44.2 Å². The number of aromatic nitrogens is 1. The van der Waals surface area contributed by atoms with Crippen LogP contribution in [0, 0.1) is 23.6 Å². The van der Waals surface area contributed by atoms with Crippen LogP contribution in [0.3, 0.4) is 0 Å². The summed E-state index contributed by atoms with van der Waals surface area (Å²) in [6.07, 6.45) is 9.34. The van der Waals surface area contributed by atoms with Crippen molar-refractivity contribution in [2.24, 2.45) is 17.8 Å². The van der Waals surface area contributed by atoms with Crippen molar-refractivity contribution in [3.63, 3.8) is 0 Å². The van der Waals surface area contributed by atoms with Gasteiger partial charge in [0.05, 0.1) is 17.5 Å². The average Bonchev–Trinajstić information content (AvgIpc) is 3.18. The molecule has 254 valence electrons. The molecule has 4 aliphatic rings. The first-order valence-electron chi connectivity index (χ1n) is 16.8. The van der Waals surface area contributed by atoms with Crippen molar-refractivity contribution < 1.29 is 27.4 Å². The van der Waals surface area contributed by atoms with E-state index in [9.17, 15) is 18.3 Å². The lowest BCUT2D eigenvalue weighted by atomic mass is 9.63. The molecule has 2 aliphatic carbocycles. The van der Waals surface area contributed by atoms with Crippen LogP contribution in [0.5, 0.6) is 5.75 Å². The first kappa shape index (κ1) is 33.0. The Labute approximate surface area is 286 Å². The Balaban J connectivity index is 1.36. The molecule has 0 radical (unpaired) electrons. The Kier molecular flexibility index (Phi) is 8.57. The SMILES string of the molecule is C[C@@H]1[C@@H](C)C/C=C/[C@@](O)(c2ncccc2F)[C@@H]2CC[C@H]2CN2C[C@@]3(CCCc4cc(Cl)ccc43)COc3ccc(cc32)C(=O)NS1(=O)=O. The fraction of sp³-hybridized carbons (Fsp3) is 0.459. The molecule has 0 unspecified atom stereocenters. The number of carbonyl (C=O) groups excluding carboxylic acids is 1. The Hall–Kier alpha value is -3.47. The minimum absolute atomic E-state index is 0.0332. The van der Waals surface area contributed by atoms with E-state index in [2.05, 4.69) is 20.7 Å². The van der Waals surface area contributed by atoms with Crippen LogP contribution in [0.1, 0.15) is 73.1 Å². The summed E-state index contributed by atoms with van der Waals surface area (Å²) in [7, 11) is -4.06. The predicted molar refractivity (Wildman–Crippen MR) is 183 cm³/mol. The maximum Gasteiger partial charge on any atom is 0.264 e. The molecule has 2 aromatic carbocycles. The van der Waals surface area contributed by atoms with Crippen LogP contribution in [0.15, 0.2) is 66.9 Å². The van der Waals surface area contributed by atoms with Gasteiger partial charge in [-0.1, -0.05) is 36.7 Å². The van der Waals surface area contributed by atoms with E-state index >= 15 is 4.39 Å². The van der Waals surface area contributed by atoms with Gasteiger partial charge in [-0.3, -0.25) is 9.78 Å². The van der Waals surface area contributed by atoms with Crippen molar-refractivity contribution in [1.82, 2.24) is 9.71 Å². The van der Waals surface area contributed by atoms with E-state index in [-0.39, 0.29) is 28.5 Å². The molecule has 2 aliphatic heterocycles. The van der Waals surface area contributed by atoms with Gasteiger partial charge in [0.25, 0.3) is 5.91 Å². The highest BCUT2D eigenvalue weighted by molar-refractivity contribution is 7.90. The number of fused-ring (bicyclic) bond motifs is 4. The molecule has 7 rings (SSSR count). The molecule has 8 nitrogen and oxygen atoms in total. The van der Waals surface area contributed by atoms with Gasteiger partial charge in [0.1, 0.15) is 22.9 Å². The highest BCUT2D eigenvalue weighted by Gasteiger charge is 2.50. The number of nitrogens with one attached hydrogen (secondary N) is 1. The van der Waals surface area contributed by atoms with Gasteiger partial charge in [0, 0.05) is 41.2 Å². The second-order valence-corrected chi connectivity index (χ2v) is 16.7. The number of halogens is 2. The van der Waals surface area contributed by atoms with E-state index in [1.807, 2.05) is 12.1 Å². The molecule has 3 heterocycles. The van der Waals surface area contributed by atoms with Crippen molar-refractivity contribution in [3.8, 4) is 5.75 Å². The average molecular weight is 694 g/mol. The number of aliphatic hydroxyl groups is 1. The van der Waals surface area contributed by atoms with Crippen LogP contribution < -0.4 is 14.4 Å². The molecule has 11 heteroatoms. The zero-order chi connectivity index (χ0) is 33.8. The number of pyridine rings is 1. The quantitative estimate of drug-likeness (QED) is 0.288. The lowest BCUT2D eigenvalue weighted by Gasteiger charge is -2.49. The molecule has 1 amide bonds. The molecule has 1 saturated carbocycles. The molecule has 1 fully saturated rings. The van der Waals surface area contributed by atoms with Gasteiger partial charge < -0.3 is 14.7 Å². The number of hydrogen-bond acceptors (Lipinski definition) is 7. The minimum atomic E-state index is -4.06. The number of ether oxygens (including phenoxy) is 1. The highest BCUT2D eigenvalue weighted by Crippen LogP contribution is 2.50. The first-order valence-corrected chi connectivity index (χ1v) is 18.7. The normalized spacial score (nSPS) is 32.1. The van der Waals surface area contributed by atoms with Crippen LogP contribution in [0.4, 0.5) is 10.1 Å². The Bertz CT molecular complexity index is 1890. The van der Waals surface area contributed by atoms with Gasteiger partial charge in [0.2, 0.25) is 10.0 Å². The second-order valence-electron chi connectivity index (χ2n) is 14.2. The third-order valence-corrected chi connectivity index (χ3v) is 13.4. The van der Waals surface area contributed by atoms with Crippen molar-refractivity contribution >= 4 is 33.2 Å². The van der Waals surface area contributed by atoms with Crippen molar-refractivity contribution in [1.29, 1.82) is 0 Å². The molecule has 2 bridgehead atoms. The van der Waals surface area contributed by atoms with Crippen LogP contribution in [-0.4, -0.2) is 49.4 Å². The second kappa shape index (κ2) is 12.4. The zero-order valence-corrected chi connectivity index (χ0v) is 28.7. The molecule has 1 spiro atoms. The van der Waals surface area contributed by atoms with Gasteiger partial charge >= 0.3 is 0 Å². The van der Waals surface area contributed by atoms with Gasteiger partial charge in [-0.15, -0.1) is 0 Å². The molecule has 6 atom stereocenters. The summed E-state index contributed by atoms with van der Waals surface area (Å²) < 4.78 is 51.0. The largest absolute Gasteiger partial charge is 0.490 e. The van der Waals surface area contributed by atoms with Gasteiger partial charge in [-0.2, -0.15) is 0 Å². The molecule has 2 N–H and O–H groups in total. The Morgan fingerprint density at radius 3 is 2.75 bits per heavy atom. The van der Waals surface area contributed by atoms with Gasteiger partial charge in [-0.05, 0) is 111 Å². The van der Waals surface area contributed by atoms with Gasteiger partial charge in [-0.25, -0.2) is 17.5 Å². The summed E-state index contributed by atoms with van der Waals surface area (Å²) in [6, 6.07) is 13.9. The summed E-state index contributed by atoms with van der Waals surface area (Å²) >= 11 is 6.42. The molecule has 0 saturated heterocycles. The van der Waals surface area contributed by atoms with E-state index < -0.39 is 38.5 Å². The number of allylic oxidation sites excluding steroid dienone is 1. The van der Waals surface area contributed by atoms with Crippen molar-refractivity contribution in [3.05, 3.63) is 100 Å². The fourth-order valence-corrected chi connectivity index (χ4v) is 9.68. The van der Waals surface area contributed by atoms with E-state index in [4.69, 9.17) is 16.3 Å². The Morgan fingerprint density at radius 1 is 1.15 bits per heavy atom. The lowest BCUT2D eigenvalue weighted by molar-refractivity contribution is -0.0552. The lowest BCUT2D eigenvalue weighted by Crippen LogP contribution is -2.52. The summed E-state index contributed by atoms with van der Waals surface area (Å²) in [6.45, 7) is 4.83. The summed E-state index contributed by atoms with van der Waals surface area (Å²) in [4.78, 5) is 20.0. The van der Waals surface area contributed by atoms with Crippen LogP contribution in [0.2, 0.25) is 5.02 Å². The van der Waals surface area contributed by atoms with Crippen LogP contribution in [0.25, 0.3) is 0 Å². The number of carbonyl (C=O) groups is 1. The summed E-state index contributed by atoms with van der Waals surface area (Å²) in [5, 5.41) is 12.2. The smallest absolute Gasteiger partial charge is 0.264 e. The predicted octanol–water partition coefficient (Wildman–Crippen LogP) is 6.31. The van der Waals surface area contributed by atoms with Crippen LogP contribution >= 0.6 is 11.6 Å². The monoisotopic (exact) mass is 693 g/mol. The molecule has 48 heavy (non-hydrogen) atoms. The van der Waals surface area contributed by atoms with Crippen LogP contribution in [-0.2, 0) is 27.5 Å². The Morgan fingerprint density at radius 2 is 1.98 bits per heavy atom. The number of anilines is 1. The van der Waals surface area contributed by atoms with E-state index in [0.29, 0.717) is 49.0 Å². The topological polar surface area (TPSA) is 109 Å². The number of nitrogens with zero attached hydrogens (tertiary/aromatic N) is 2. The molecule has 1 aromatic heterocycles. The number of amides is 1. The van der Waals surface area contributed by atoms with E-state index in [0.717, 1.165) is 25.7 Å². The molecular weight excluding hydrogens is 653 g/mol. The minimum Gasteiger partial charge on any atom is -0.490 e. The number of aryl methyl sites for hydroxylation is 1. The number of sulfonamides is 1. The third kappa shape index (κ3) is 5.79. The first-order chi connectivity index (χ1) is 22.9. The highest BCUT2D eigenvalue weighted by atomic mass is 35.5. The fourth-order valence-electron chi connectivity index (χ4n) is 8.20. The maximum absolute atomic E-state index is 15.4. The summed E-state index contributed by atoms with van der Waals surface area (Å²) in [5.74, 6) is -1.50. The number of rotatable bonds is 1. The van der Waals surface area contributed by atoms with Gasteiger partial charge in [0.15, 0.2) is 0 Å². The van der Waals surface area contributed by atoms with Crippen molar-refractivity contribution in [2.45, 2.75) is 68.6 Å². The zero-order valence-electron chi connectivity index (χ0n) is 27.2. The van der Waals surface area contributed by atoms with E-state index in [1.165, 1.54) is 29.5 Å². The molecule has 3 aromatic rings. The number of benzene rings is 2. The third-order valence-electron chi connectivity index (χ3n) is 11.3.